The lowest BCUT2D eigenvalue weighted by molar-refractivity contribution is 0.0707. The molecule has 1 unspecified atom stereocenters. The van der Waals surface area contributed by atoms with Crippen LogP contribution in [0, 0.1) is 6.92 Å². The molecule has 0 radical (unpaired) electrons. The van der Waals surface area contributed by atoms with Crippen molar-refractivity contribution in [3.63, 3.8) is 0 Å². The molecule has 1 amide bonds. The Morgan fingerprint density at radius 3 is 2.77 bits per heavy atom. The number of oxazole rings is 1. The van der Waals surface area contributed by atoms with E-state index in [0.29, 0.717) is 29.7 Å². The molecule has 1 fully saturated rings. The van der Waals surface area contributed by atoms with Crippen molar-refractivity contribution in [2.75, 3.05) is 13.1 Å². The Bertz CT molecular complexity index is 1180. The Balaban J connectivity index is 1.42. The molecule has 0 aliphatic carbocycles. The third-order valence-electron chi connectivity index (χ3n) is 5.74. The molecule has 1 aliphatic rings. The third-order valence-corrected chi connectivity index (χ3v) is 6.68. The largest absolute Gasteiger partial charge is 0.436 e. The normalized spacial score (nSPS) is 16.4. The standard InChI is InChI=1S/C25H23N3O2S/c1-17-8-10-18(11-9-17)22-15-27-23(30-22)20-6-2-3-7-21(20)25(29)28-13-4-5-19(16-28)24-26-12-14-31-24/h2-3,6-12,14-15,19H,4-5,13,16H2,1H3. The first-order chi connectivity index (χ1) is 15.2. The summed E-state index contributed by atoms with van der Waals surface area (Å²) in [6.45, 7) is 3.51. The second kappa shape index (κ2) is 8.47. The van der Waals surface area contributed by atoms with E-state index in [-0.39, 0.29) is 5.91 Å². The molecule has 0 N–H and O–H groups in total. The molecule has 1 aliphatic heterocycles. The number of piperidine rings is 1. The van der Waals surface area contributed by atoms with Crippen LogP contribution in [0.2, 0.25) is 0 Å². The first-order valence-corrected chi connectivity index (χ1v) is 11.4. The quantitative estimate of drug-likeness (QED) is 0.412. The first kappa shape index (κ1) is 19.7. The topological polar surface area (TPSA) is 59.2 Å². The highest BCUT2D eigenvalue weighted by Crippen LogP contribution is 2.32. The van der Waals surface area contributed by atoms with Crippen molar-refractivity contribution in [3.05, 3.63) is 82.4 Å². The lowest BCUT2D eigenvalue weighted by Gasteiger charge is -2.32. The molecule has 2 aromatic heterocycles. The number of likely N-dealkylation sites (tertiary alicyclic amines) is 1. The molecular weight excluding hydrogens is 406 g/mol. The molecule has 1 atom stereocenters. The van der Waals surface area contributed by atoms with Crippen molar-refractivity contribution < 1.29 is 9.21 Å². The molecule has 6 heteroatoms. The fourth-order valence-corrected chi connectivity index (χ4v) is 4.84. The Kier molecular flexibility index (Phi) is 5.38. The lowest BCUT2D eigenvalue weighted by atomic mass is 9.97. The molecule has 4 aromatic rings. The highest BCUT2D eigenvalue weighted by Gasteiger charge is 2.28. The van der Waals surface area contributed by atoms with E-state index >= 15 is 0 Å². The van der Waals surface area contributed by atoms with Crippen LogP contribution >= 0.6 is 11.3 Å². The zero-order chi connectivity index (χ0) is 21.2. The van der Waals surface area contributed by atoms with Crippen LogP contribution in [0.1, 0.15) is 39.7 Å². The van der Waals surface area contributed by atoms with Crippen molar-refractivity contribution in [1.82, 2.24) is 14.9 Å². The maximum atomic E-state index is 13.5. The van der Waals surface area contributed by atoms with E-state index in [2.05, 4.69) is 16.9 Å². The Labute approximate surface area is 185 Å². The van der Waals surface area contributed by atoms with E-state index in [9.17, 15) is 4.79 Å². The number of carbonyl (C=O) groups excluding carboxylic acids is 1. The predicted molar refractivity (Wildman–Crippen MR) is 122 cm³/mol. The molecule has 156 valence electrons. The zero-order valence-electron chi connectivity index (χ0n) is 17.3. The van der Waals surface area contributed by atoms with E-state index in [4.69, 9.17) is 4.42 Å². The number of aromatic nitrogens is 2. The van der Waals surface area contributed by atoms with Gasteiger partial charge in [-0.15, -0.1) is 11.3 Å². The maximum Gasteiger partial charge on any atom is 0.254 e. The fraction of sp³-hybridized carbons (Fsp3) is 0.240. The van der Waals surface area contributed by atoms with Crippen LogP contribution in [0.5, 0.6) is 0 Å². The van der Waals surface area contributed by atoms with Gasteiger partial charge in [0.2, 0.25) is 5.89 Å². The minimum Gasteiger partial charge on any atom is -0.436 e. The van der Waals surface area contributed by atoms with Crippen LogP contribution in [0.3, 0.4) is 0 Å². The number of carbonyl (C=O) groups is 1. The molecule has 2 aromatic carbocycles. The lowest BCUT2D eigenvalue weighted by Crippen LogP contribution is -2.39. The first-order valence-electron chi connectivity index (χ1n) is 10.5. The van der Waals surface area contributed by atoms with Gasteiger partial charge in [0.15, 0.2) is 5.76 Å². The summed E-state index contributed by atoms with van der Waals surface area (Å²) < 4.78 is 6.06. The van der Waals surface area contributed by atoms with Gasteiger partial charge in [0.05, 0.1) is 16.8 Å². The third kappa shape index (κ3) is 4.03. The molecular formula is C25H23N3O2S. The van der Waals surface area contributed by atoms with Gasteiger partial charge in [-0.05, 0) is 31.9 Å². The van der Waals surface area contributed by atoms with E-state index in [1.807, 2.05) is 65.0 Å². The summed E-state index contributed by atoms with van der Waals surface area (Å²) in [4.78, 5) is 24.4. The number of amides is 1. The van der Waals surface area contributed by atoms with Crippen LogP contribution in [0.25, 0.3) is 22.8 Å². The van der Waals surface area contributed by atoms with Gasteiger partial charge in [0.1, 0.15) is 0 Å². The molecule has 0 spiro atoms. The molecule has 31 heavy (non-hydrogen) atoms. The smallest absolute Gasteiger partial charge is 0.254 e. The van der Waals surface area contributed by atoms with Gasteiger partial charge in [0, 0.05) is 41.7 Å². The summed E-state index contributed by atoms with van der Waals surface area (Å²) in [5.74, 6) is 1.48. The molecule has 3 heterocycles. The fourth-order valence-electron chi connectivity index (χ4n) is 4.08. The molecule has 1 saturated heterocycles. The molecule has 0 saturated carbocycles. The van der Waals surface area contributed by atoms with E-state index in [1.165, 1.54) is 5.56 Å². The van der Waals surface area contributed by atoms with Crippen LogP contribution in [0.4, 0.5) is 0 Å². The van der Waals surface area contributed by atoms with Crippen LogP contribution < -0.4 is 0 Å². The number of thiazole rings is 1. The van der Waals surface area contributed by atoms with Crippen molar-refractivity contribution >= 4 is 17.2 Å². The summed E-state index contributed by atoms with van der Waals surface area (Å²) in [7, 11) is 0. The summed E-state index contributed by atoms with van der Waals surface area (Å²) in [6, 6.07) is 15.7. The van der Waals surface area contributed by atoms with Gasteiger partial charge < -0.3 is 9.32 Å². The zero-order valence-corrected chi connectivity index (χ0v) is 18.1. The number of nitrogens with zero attached hydrogens (tertiary/aromatic N) is 3. The number of benzene rings is 2. The number of rotatable bonds is 4. The maximum absolute atomic E-state index is 13.5. The van der Waals surface area contributed by atoms with Gasteiger partial charge in [-0.25, -0.2) is 9.97 Å². The van der Waals surface area contributed by atoms with Gasteiger partial charge in [0.25, 0.3) is 5.91 Å². The minimum atomic E-state index is 0.0203. The molecule has 0 bridgehead atoms. The average Bonchev–Trinajstić information content (AvgIpc) is 3.52. The highest BCUT2D eigenvalue weighted by molar-refractivity contribution is 7.09. The van der Waals surface area contributed by atoms with Crippen LogP contribution in [-0.2, 0) is 0 Å². The average molecular weight is 430 g/mol. The van der Waals surface area contributed by atoms with Crippen LogP contribution in [0.15, 0.2) is 70.7 Å². The Hall–Kier alpha value is -3.25. The summed E-state index contributed by atoms with van der Waals surface area (Å²) >= 11 is 1.67. The number of aryl methyl sites for hydroxylation is 1. The Morgan fingerprint density at radius 1 is 1.13 bits per heavy atom. The molecule has 5 nitrogen and oxygen atoms in total. The number of hydrogen-bond donors (Lipinski definition) is 0. The van der Waals surface area contributed by atoms with Crippen LogP contribution in [-0.4, -0.2) is 33.9 Å². The predicted octanol–water partition coefficient (Wildman–Crippen LogP) is 5.79. The van der Waals surface area contributed by atoms with E-state index in [0.717, 1.165) is 35.5 Å². The highest BCUT2D eigenvalue weighted by atomic mass is 32.1. The summed E-state index contributed by atoms with van der Waals surface area (Å²) in [5, 5.41) is 3.11. The van der Waals surface area contributed by atoms with E-state index in [1.54, 1.807) is 17.5 Å². The molecule has 5 rings (SSSR count). The van der Waals surface area contributed by atoms with Crippen molar-refractivity contribution in [3.8, 4) is 22.8 Å². The van der Waals surface area contributed by atoms with Gasteiger partial charge in [-0.2, -0.15) is 0 Å². The van der Waals surface area contributed by atoms with Gasteiger partial charge in [-0.3, -0.25) is 4.79 Å². The van der Waals surface area contributed by atoms with Crippen molar-refractivity contribution in [2.24, 2.45) is 0 Å². The number of hydrogen-bond acceptors (Lipinski definition) is 5. The minimum absolute atomic E-state index is 0.0203. The van der Waals surface area contributed by atoms with Crippen molar-refractivity contribution in [2.45, 2.75) is 25.7 Å². The van der Waals surface area contributed by atoms with Gasteiger partial charge >= 0.3 is 0 Å². The van der Waals surface area contributed by atoms with Crippen molar-refractivity contribution in [1.29, 1.82) is 0 Å². The monoisotopic (exact) mass is 429 g/mol. The summed E-state index contributed by atoms with van der Waals surface area (Å²) in [5.41, 5.74) is 3.51. The second-order valence-corrected chi connectivity index (χ2v) is 8.83. The summed E-state index contributed by atoms with van der Waals surface area (Å²) in [6.07, 6.45) is 5.61. The van der Waals surface area contributed by atoms with E-state index < -0.39 is 0 Å². The Morgan fingerprint density at radius 2 is 1.97 bits per heavy atom. The second-order valence-electron chi connectivity index (χ2n) is 7.90. The SMILES string of the molecule is Cc1ccc(-c2cnc(-c3ccccc3C(=O)N3CCCC(c4nccs4)C3)o2)cc1. The van der Waals surface area contributed by atoms with Gasteiger partial charge in [-0.1, -0.05) is 42.0 Å².